The molecule has 4 nitrogen and oxygen atoms in total. The largest absolute Gasteiger partial charge is 0.396 e. The van der Waals surface area contributed by atoms with Crippen LogP contribution < -0.4 is 5.32 Å². The second-order valence-electron chi connectivity index (χ2n) is 4.45. The van der Waals surface area contributed by atoms with Gasteiger partial charge in [-0.25, -0.2) is 0 Å². The normalized spacial score (nSPS) is 17.4. The van der Waals surface area contributed by atoms with Gasteiger partial charge in [-0.15, -0.1) is 0 Å². The van der Waals surface area contributed by atoms with Crippen LogP contribution in [0, 0.1) is 5.92 Å². The first-order chi connectivity index (χ1) is 7.77. The molecule has 1 aliphatic heterocycles. The highest BCUT2D eigenvalue weighted by Gasteiger charge is 2.19. The first kappa shape index (κ1) is 13.5. The van der Waals surface area contributed by atoms with Crippen LogP contribution in [-0.4, -0.2) is 48.7 Å². The van der Waals surface area contributed by atoms with Crippen molar-refractivity contribution >= 4 is 5.91 Å². The van der Waals surface area contributed by atoms with Gasteiger partial charge >= 0.3 is 0 Å². The summed E-state index contributed by atoms with van der Waals surface area (Å²) >= 11 is 0. The molecule has 1 fully saturated rings. The minimum atomic E-state index is 0.164. The molecule has 1 heterocycles. The molecular weight excluding hydrogens is 204 g/mol. The molecule has 0 unspecified atom stereocenters. The topological polar surface area (TPSA) is 52.6 Å². The predicted octanol–water partition coefficient (Wildman–Crippen LogP) is 0.607. The van der Waals surface area contributed by atoms with Crippen LogP contribution in [0.5, 0.6) is 0 Å². The summed E-state index contributed by atoms with van der Waals surface area (Å²) < 4.78 is 0. The predicted molar refractivity (Wildman–Crippen MR) is 64.2 cm³/mol. The van der Waals surface area contributed by atoms with Crippen LogP contribution in [0.1, 0.15) is 32.6 Å². The molecule has 1 saturated heterocycles. The third kappa shape index (κ3) is 4.49. The number of piperidine rings is 1. The molecule has 1 amide bonds. The van der Waals surface area contributed by atoms with E-state index >= 15 is 0 Å². The molecule has 0 aliphatic carbocycles. The standard InChI is InChI=1S/C12H24N2O2/c1-2-14(8-3-9-15)12(16)10-11-4-6-13-7-5-11/h11,13,15H,2-10H2,1H3. The van der Waals surface area contributed by atoms with Gasteiger partial charge in [-0.1, -0.05) is 0 Å². The Morgan fingerprint density at radius 3 is 2.69 bits per heavy atom. The number of aliphatic hydroxyl groups excluding tert-OH is 1. The van der Waals surface area contributed by atoms with Crippen molar-refractivity contribution in [3.8, 4) is 0 Å². The highest BCUT2D eigenvalue weighted by atomic mass is 16.3. The summed E-state index contributed by atoms with van der Waals surface area (Å²) in [6.45, 7) is 5.69. The summed E-state index contributed by atoms with van der Waals surface area (Å²) in [4.78, 5) is 13.8. The van der Waals surface area contributed by atoms with E-state index in [4.69, 9.17) is 5.11 Å². The first-order valence-electron chi connectivity index (χ1n) is 6.37. The van der Waals surface area contributed by atoms with Crippen molar-refractivity contribution in [2.75, 3.05) is 32.8 Å². The van der Waals surface area contributed by atoms with Gasteiger partial charge in [-0.2, -0.15) is 0 Å². The van der Waals surface area contributed by atoms with Crippen molar-refractivity contribution in [1.82, 2.24) is 10.2 Å². The molecule has 94 valence electrons. The van der Waals surface area contributed by atoms with Gasteiger partial charge < -0.3 is 15.3 Å². The summed E-state index contributed by atoms with van der Waals surface area (Å²) in [5, 5.41) is 12.1. The van der Waals surface area contributed by atoms with E-state index in [-0.39, 0.29) is 12.5 Å². The molecular formula is C12H24N2O2. The Kier molecular flexibility index (Phi) is 6.42. The molecule has 0 atom stereocenters. The third-order valence-corrected chi connectivity index (χ3v) is 3.24. The summed E-state index contributed by atoms with van der Waals surface area (Å²) in [7, 11) is 0. The van der Waals surface area contributed by atoms with Crippen molar-refractivity contribution in [2.24, 2.45) is 5.92 Å². The third-order valence-electron chi connectivity index (χ3n) is 3.24. The Balaban J connectivity index is 2.29. The minimum absolute atomic E-state index is 0.164. The zero-order valence-electron chi connectivity index (χ0n) is 10.2. The number of carbonyl (C=O) groups is 1. The number of carbonyl (C=O) groups excluding carboxylic acids is 1. The van der Waals surface area contributed by atoms with Crippen LogP contribution in [0.15, 0.2) is 0 Å². The number of nitrogens with one attached hydrogen (secondary N) is 1. The van der Waals surface area contributed by atoms with Gasteiger partial charge in [0.1, 0.15) is 0 Å². The summed E-state index contributed by atoms with van der Waals surface area (Å²) in [5.41, 5.74) is 0. The van der Waals surface area contributed by atoms with Gasteiger partial charge in [0.25, 0.3) is 0 Å². The number of hydrogen-bond acceptors (Lipinski definition) is 3. The molecule has 0 saturated carbocycles. The summed E-state index contributed by atoms with van der Waals surface area (Å²) in [6.07, 6.45) is 3.60. The number of aliphatic hydroxyl groups is 1. The SMILES string of the molecule is CCN(CCCO)C(=O)CC1CCNCC1. The molecule has 1 rings (SSSR count). The average molecular weight is 228 g/mol. The lowest BCUT2D eigenvalue weighted by molar-refractivity contribution is -0.132. The van der Waals surface area contributed by atoms with Crippen molar-refractivity contribution < 1.29 is 9.90 Å². The first-order valence-corrected chi connectivity index (χ1v) is 6.37. The van der Waals surface area contributed by atoms with Crippen molar-refractivity contribution in [2.45, 2.75) is 32.6 Å². The Hall–Kier alpha value is -0.610. The smallest absolute Gasteiger partial charge is 0.222 e. The maximum Gasteiger partial charge on any atom is 0.222 e. The van der Waals surface area contributed by atoms with Crippen LogP contribution in [0.3, 0.4) is 0 Å². The lowest BCUT2D eigenvalue weighted by Crippen LogP contribution is -2.36. The van der Waals surface area contributed by atoms with E-state index in [1.54, 1.807) is 0 Å². The van der Waals surface area contributed by atoms with E-state index < -0.39 is 0 Å². The molecule has 16 heavy (non-hydrogen) atoms. The quantitative estimate of drug-likeness (QED) is 0.700. The van der Waals surface area contributed by atoms with Crippen molar-refractivity contribution in [1.29, 1.82) is 0 Å². The van der Waals surface area contributed by atoms with Gasteiger partial charge in [0.15, 0.2) is 0 Å². The maximum absolute atomic E-state index is 12.0. The van der Waals surface area contributed by atoms with Crippen LogP contribution in [0.2, 0.25) is 0 Å². The Morgan fingerprint density at radius 2 is 2.12 bits per heavy atom. The molecule has 4 heteroatoms. The highest BCUT2D eigenvalue weighted by molar-refractivity contribution is 5.76. The van der Waals surface area contributed by atoms with Gasteiger partial charge in [-0.05, 0) is 45.2 Å². The lowest BCUT2D eigenvalue weighted by Gasteiger charge is -2.26. The molecule has 0 bridgehead atoms. The number of rotatable bonds is 6. The summed E-state index contributed by atoms with van der Waals surface area (Å²) in [6, 6.07) is 0. The van der Waals surface area contributed by atoms with E-state index in [9.17, 15) is 4.79 Å². The van der Waals surface area contributed by atoms with Crippen LogP contribution in [-0.2, 0) is 4.79 Å². The fraction of sp³-hybridized carbons (Fsp3) is 0.917. The van der Waals surface area contributed by atoms with E-state index in [1.165, 1.54) is 0 Å². The monoisotopic (exact) mass is 228 g/mol. The Labute approximate surface area is 98.0 Å². The molecule has 2 N–H and O–H groups in total. The average Bonchev–Trinajstić information content (AvgIpc) is 2.31. The fourth-order valence-corrected chi connectivity index (χ4v) is 2.18. The maximum atomic E-state index is 12.0. The van der Waals surface area contributed by atoms with E-state index in [1.807, 2.05) is 11.8 Å². The van der Waals surface area contributed by atoms with Crippen molar-refractivity contribution in [3.05, 3.63) is 0 Å². The second kappa shape index (κ2) is 7.63. The van der Waals surface area contributed by atoms with Gasteiger partial charge in [-0.3, -0.25) is 4.79 Å². The van der Waals surface area contributed by atoms with Gasteiger partial charge in [0.05, 0.1) is 0 Å². The fourth-order valence-electron chi connectivity index (χ4n) is 2.18. The van der Waals surface area contributed by atoms with Crippen LogP contribution in [0.4, 0.5) is 0 Å². The molecule has 0 aromatic rings. The Bertz CT molecular complexity index is 203. The molecule has 0 aromatic heterocycles. The van der Waals surface area contributed by atoms with E-state index in [0.717, 1.165) is 32.5 Å². The molecule has 1 aliphatic rings. The highest BCUT2D eigenvalue weighted by Crippen LogP contribution is 2.17. The molecule has 0 radical (unpaired) electrons. The zero-order chi connectivity index (χ0) is 11.8. The van der Waals surface area contributed by atoms with Crippen LogP contribution in [0.25, 0.3) is 0 Å². The van der Waals surface area contributed by atoms with Crippen molar-refractivity contribution in [3.63, 3.8) is 0 Å². The van der Waals surface area contributed by atoms with E-state index in [2.05, 4.69) is 5.32 Å². The van der Waals surface area contributed by atoms with Gasteiger partial charge in [0, 0.05) is 26.1 Å². The number of nitrogens with zero attached hydrogens (tertiary/aromatic N) is 1. The van der Waals surface area contributed by atoms with E-state index in [0.29, 0.717) is 25.3 Å². The van der Waals surface area contributed by atoms with Gasteiger partial charge in [0.2, 0.25) is 5.91 Å². The molecule has 0 spiro atoms. The molecule has 0 aromatic carbocycles. The summed E-state index contributed by atoms with van der Waals surface area (Å²) in [5.74, 6) is 0.805. The minimum Gasteiger partial charge on any atom is -0.396 e. The lowest BCUT2D eigenvalue weighted by atomic mass is 9.94. The zero-order valence-corrected chi connectivity index (χ0v) is 10.2. The number of amides is 1. The Morgan fingerprint density at radius 1 is 1.44 bits per heavy atom. The number of hydrogen-bond donors (Lipinski definition) is 2. The second-order valence-corrected chi connectivity index (χ2v) is 4.45. The van der Waals surface area contributed by atoms with Crippen LogP contribution >= 0.6 is 0 Å².